The Hall–Kier alpha value is -0.610. The van der Waals surface area contributed by atoms with Gasteiger partial charge in [0.15, 0.2) is 6.10 Å². The fraction of sp³-hybridized carbons (Fsp3) is 0.833. The van der Waals surface area contributed by atoms with E-state index in [1.165, 1.54) is 0 Å². The molecule has 4 N–H and O–H groups in total. The summed E-state index contributed by atoms with van der Waals surface area (Å²) in [7, 11) is 0. The van der Waals surface area contributed by atoms with Crippen molar-refractivity contribution in [2.45, 2.75) is 31.9 Å². The van der Waals surface area contributed by atoms with Gasteiger partial charge in [0, 0.05) is 6.04 Å². The van der Waals surface area contributed by atoms with Gasteiger partial charge in [0.1, 0.15) is 0 Å². The van der Waals surface area contributed by atoms with Crippen molar-refractivity contribution in [3.8, 4) is 0 Å². The zero-order valence-corrected chi connectivity index (χ0v) is 5.95. The first kappa shape index (κ1) is 9.39. The van der Waals surface area contributed by atoms with E-state index in [-0.39, 0.29) is 0 Å². The molecule has 0 radical (unpaired) electrons. The van der Waals surface area contributed by atoms with Gasteiger partial charge in [0.05, 0.1) is 0 Å². The van der Waals surface area contributed by atoms with Gasteiger partial charge in [0.2, 0.25) is 0 Å². The van der Waals surface area contributed by atoms with Crippen LogP contribution in [-0.2, 0) is 4.79 Å². The number of rotatable bonds is 4. The smallest absolute Gasteiger partial charge is 0.334 e. The fourth-order valence-corrected chi connectivity index (χ4v) is 0.674. The number of carbonyl (C=O) groups is 1. The number of nitrogens with two attached hydrogens (primary N) is 1. The molecule has 0 heterocycles. The van der Waals surface area contributed by atoms with Gasteiger partial charge in [-0.1, -0.05) is 13.3 Å². The first-order chi connectivity index (χ1) is 4.59. The van der Waals surface area contributed by atoms with Crippen molar-refractivity contribution in [2.24, 2.45) is 5.73 Å². The van der Waals surface area contributed by atoms with E-state index in [1.54, 1.807) is 0 Å². The lowest BCUT2D eigenvalue weighted by Crippen LogP contribution is -2.40. The quantitative estimate of drug-likeness (QED) is 0.503. The average Bonchev–Trinajstić information content (AvgIpc) is 1.87. The summed E-state index contributed by atoms with van der Waals surface area (Å²) < 4.78 is 0. The molecule has 0 aromatic carbocycles. The molecule has 60 valence electrons. The number of aliphatic hydroxyl groups excluding tert-OH is 1. The highest BCUT2D eigenvalue weighted by molar-refractivity contribution is 5.72. The third-order valence-corrected chi connectivity index (χ3v) is 1.28. The lowest BCUT2D eigenvalue weighted by molar-refractivity contribution is -0.147. The Morgan fingerprint density at radius 2 is 2.20 bits per heavy atom. The summed E-state index contributed by atoms with van der Waals surface area (Å²) in [6, 6.07) is -0.637. The number of hydrogen-bond donors (Lipinski definition) is 3. The largest absolute Gasteiger partial charge is 0.479 e. The molecule has 0 aliphatic rings. The Labute approximate surface area is 59.7 Å². The highest BCUT2D eigenvalue weighted by Gasteiger charge is 2.20. The summed E-state index contributed by atoms with van der Waals surface area (Å²) in [5.74, 6) is -1.25. The van der Waals surface area contributed by atoms with E-state index in [0.29, 0.717) is 6.42 Å². The minimum Gasteiger partial charge on any atom is -0.479 e. The molecule has 0 fully saturated rings. The summed E-state index contributed by atoms with van der Waals surface area (Å²) in [6.45, 7) is 1.88. The Balaban J connectivity index is 3.69. The van der Waals surface area contributed by atoms with E-state index in [4.69, 9.17) is 15.9 Å². The molecule has 4 nitrogen and oxygen atoms in total. The van der Waals surface area contributed by atoms with Crippen LogP contribution in [0, 0.1) is 0 Å². The van der Waals surface area contributed by atoms with Crippen molar-refractivity contribution in [3.63, 3.8) is 0 Å². The third kappa shape index (κ3) is 2.80. The minimum absolute atomic E-state index is 0.535. The van der Waals surface area contributed by atoms with Gasteiger partial charge in [-0.2, -0.15) is 0 Å². The molecule has 4 heteroatoms. The lowest BCUT2D eigenvalue weighted by Gasteiger charge is -2.12. The van der Waals surface area contributed by atoms with Crippen LogP contribution in [0.1, 0.15) is 19.8 Å². The fourth-order valence-electron chi connectivity index (χ4n) is 0.674. The molecular formula is C6H13NO3. The molecule has 0 aliphatic heterocycles. The predicted octanol–water partition coefficient (Wildman–Crippen LogP) is -0.441. The summed E-state index contributed by atoms with van der Waals surface area (Å²) in [4.78, 5) is 10.1. The Bertz CT molecular complexity index is 116. The SMILES string of the molecule is CCC[C@@H](N)[C@@H](O)C(=O)O. The van der Waals surface area contributed by atoms with Crippen molar-refractivity contribution in [1.29, 1.82) is 0 Å². The van der Waals surface area contributed by atoms with Crippen molar-refractivity contribution in [2.75, 3.05) is 0 Å². The van der Waals surface area contributed by atoms with E-state index in [2.05, 4.69) is 0 Å². The Morgan fingerprint density at radius 3 is 2.50 bits per heavy atom. The van der Waals surface area contributed by atoms with E-state index < -0.39 is 18.1 Å². The van der Waals surface area contributed by atoms with Gasteiger partial charge < -0.3 is 15.9 Å². The molecule has 0 rings (SSSR count). The second kappa shape index (κ2) is 4.24. The van der Waals surface area contributed by atoms with E-state index in [9.17, 15) is 4.79 Å². The Morgan fingerprint density at radius 1 is 1.70 bits per heavy atom. The number of hydrogen-bond acceptors (Lipinski definition) is 3. The van der Waals surface area contributed by atoms with E-state index in [0.717, 1.165) is 6.42 Å². The van der Waals surface area contributed by atoms with E-state index in [1.807, 2.05) is 6.92 Å². The molecule has 0 saturated carbocycles. The van der Waals surface area contributed by atoms with Crippen LogP contribution in [0.2, 0.25) is 0 Å². The minimum atomic E-state index is -1.42. The predicted molar refractivity (Wildman–Crippen MR) is 36.5 cm³/mol. The summed E-state index contributed by atoms with van der Waals surface area (Å²) in [5.41, 5.74) is 5.30. The van der Waals surface area contributed by atoms with Crippen molar-refractivity contribution in [3.05, 3.63) is 0 Å². The van der Waals surface area contributed by atoms with Crippen molar-refractivity contribution < 1.29 is 15.0 Å². The van der Waals surface area contributed by atoms with Gasteiger partial charge >= 0.3 is 5.97 Å². The zero-order chi connectivity index (χ0) is 8.15. The van der Waals surface area contributed by atoms with Crippen LogP contribution < -0.4 is 5.73 Å². The van der Waals surface area contributed by atoms with Crippen LogP contribution in [0.5, 0.6) is 0 Å². The van der Waals surface area contributed by atoms with Crippen LogP contribution >= 0.6 is 0 Å². The summed E-state index contributed by atoms with van der Waals surface area (Å²) in [5, 5.41) is 17.1. The van der Waals surface area contributed by atoms with Gasteiger partial charge in [-0.05, 0) is 6.42 Å². The maximum atomic E-state index is 10.1. The maximum Gasteiger partial charge on any atom is 0.334 e. The molecule has 0 aromatic heterocycles. The molecule has 0 aromatic rings. The molecule has 2 atom stereocenters. The topological polar surface area (TPSA) is 83.5 Å². The number of aliphatic hydroxyl groups is 1. The van der Waals surface area contributed by atoms with Gasteiger partial charge in [0.25, 0.3) is 0 Å². The molecule has 0 saturated heterocycles. The molecule has 10 heavy (non-hydrogen) atoms. The first-order valence-electron chi connectivity index (χ1n) is 3.26. The molecule has 0 spiro atoms. The van der Waals surface area contributed by atoms with Crippen molar-refractivity contribution >= 4 is 5.97 Å². The molecular weight excluding hydrogens is 134 g/mol. The monoisotopic (exact) mass is 147 g/mol. The van der Waals surface area contributed by atoms with Gasteiger partial charge in [-0.3, -0.25) is 0 Å². The second-order valence-electron chi connectivity index (χ2n) is 2.24. The highest BCUT2D eigenvalue weighted by atomic mass is 16.4. The zero-order valence-electron chi connectivity index (χ0n) is 5.95. The summed E-state index contributed by atoms with van der Waals surface area (Å²) >= 11 is 0. The number of aliphatic carboxylic acids is 1. The maximum absolute atomic E-state index is 10.1. The van der Waals surface area contributed by atoms with Crippen LogP contribution in [0.25, 0.3) is 0 Å². The van der Waals surface area contributed by atoms with Crippen LogP contribution in [0.15, 0.2) is 0 Å². The molecule has 0 amide bonds. The van der Waals surface area contributed by atoms with Crippen LogP contribution in [-0.4, -0.2) is 28.3 Å². The average molecular weight is 147 g/mol. The van der Waals surface area contributed by atoms with Gasteiger partial charge in [-0.15, -0.1) is 0 Å². The van der Waals surface area contributed by atoms with Gasteiger partial charge in [-0.25, -0.2) is 4.79 Å². The number of carboxylic acids is 1. The van der Waals surface area contributed by atoms with E-state index >= 15 is 0 Å². The number of carboxylic acid groups (broad SMARTS) is 1. The Kier molecular flexibility index (Phi) is 3.99. The van der Waals surface area contributed by atoms with Crippen molar-refractivity contribution in [1.82, 2.24) is 0 Å². The highest BCUT2D eigenvalue weighted by Crippen LogP contribution is 1.98. The lowest BCUT2D eigenvalue weighted by atomic mass is 10.1. The molecule has 0 aliphatic carbocycles. The second-order valence-corrected chi connectivity index (χ2v) is 2.24. The third-order valence-electron chi connectivity index (χ3n) is 1.28. The van der Waals surface area contributed by atoms with Crippen LogP contribution in [0.4, 0.5) is 0 Å². The molecule has 0 unspecified atom stereocenters. The van der Waals surface area contributed by atoms with Crippen LogP contribution in [0.3, 0.4) is 0 Å². The molecule has 0 bridgehead atoms. The normalized spacial score (nSPS) is 16.3. The first-order valence-corrected chi connectivity index (χ1v) is 3.26. The standard InChI is InChI=1S/C6H13NO3/c1-2-3-4(7)5(8)6(9)10/h4-5,8H,2-3,7H2,1H3,(H,9,10)/t4-,5-/m1/s1. The summed E-state index contributed by atoms with van der Waals surface area (Å²) in [6.07, 6.45) is -0.0983.